The number of hydrogen-bond acceptors (Lipinski definition) is 3. The zero-order valence-electron chi connectivity index (χ0n) is 11.2. The third kappa shape index (κ3) is 2.12. The second-order valence-corrected chi connectivity index (χ2v) is 5.72. The van der Waals surface area contributed by atoms with Gasteiger partial charge in [-0.15, -0.1) is 0 Å². The molecule has 2 aliphatic heterocycles. The third-order valence-corrected chi connectivity index (χ3v) is 4.58. The van der Waals surface area contributed by atoms with Crippen molar-refractivity contribution in [3.63, 3.8) is 0 Å². The van der Waals surface area contributed by atoms with Gasteiger partial charge in [0.1, 0.15) is 6.10 Å². The predicted octanol–water partition coefficient (Wildman–Crippen LogP) is 2.58. The zero-order chi connectivity index (χ0) is 12.5. The summed E-state index contributed by atoms with van der Waals surface area (Å²) < 4.78 is 6.04. The molecule has 3 heterocycles. The monoisotopic (exact) mass is 246 g/mol. The maximum Gasteiger partial charge on any atom is 0.213 e. The van der Waals surface area contributed by atoms with Gasteiger partial charge in [0.2, 0.25) is 5.88 Å². The highest BCUT2D eigenvalue weighted by Gasteiger charge is 2.49. The standard InChI is InChI=1S/C15H22N2O/c1-3-11(2)17-9-12-8-13(10-17)15(12)18-14-6-4-5-7-16-14/h4-7,11-13,15H,3,8-10H2,1-2H3. The molecule has 18 heavy (non-hydrogen) atoms. The smallest absolute Gasteiger partial charge is 0.213 e. The number of piperidine rings is 2. The summed E-state index contributed by atoms with van der Waals surface area (Å²) in [4.78, 5) is 6.88. The first-order valence-electron chi connectivity index (χ1n) is 7.09. The molecule has 3 unspecified atom stereocenters. The van der Waals surface area contributed by atoms with E-state index in [4.69, 9.17) is 4.74 Å². The lowest BCUT2D eigenvalue weighted by Gasteiger charge is -2.54. The minimum atomic E-state index is 0.403. The Morgan fingerprint density at radius 3 is 2.78 bits per heavy atom. The molecule has 0 amide bonds. The predicted molar refractivity (Wildman–Crippen MR) is 71.6 cm³/mol. The summed E-state index contributed by atoms with van der Waals surface area (Å²) in [5.74, 6) is 2.20. The van der Waals surface area contributed by atoms with Crippen molar-refractivity contribution in [2.24, 2.45) is 11.8 Å². The van der Waals surface area contributed by atoms with E-state index in [1.807, 2.05) is 18.2 Å². The highest BCUT2D eigenvalue weighted by Crippen LogP contribution is 2.42. The summed E-state index contributed by atoms with van der Waals surface area (Å²) in [5.41, 5.74) is 0. The van der Waals surface area contributed by atoms with Crippen LogP contribution < -0.4 is 4.74 Å². The number of fused-ring (bicyclic) bond motifs is 2. The fourth-order valence-electron chi connectivity index (χ4n) is 3.25. The Bertz CT molecular complexity index is 383. The summed E-state index contributed by atoms with van der Waals surface area (Å²) >= 11 is 0. The molecule has 3 aliphatic rings. The lowest BCUT2D eigenvalue weighted by molar-refractivity contribution is -0.103. The van der Waals surface area contributed by atoms with Crippen molar-refractivity contribution in [2.45, 2.75) is 38.8 Å². The second-order valence-electron chi connectivity index (χ2n) is 5.72. The van der Waals surface area contributed by atoms with E-state index in [0.29, 0.717) is 24.0 Å². The second kappa shape index (κ2) is 4.88. The molecule has 0 radical (unpaired) electrons. The minimum Gasteiger partial charge on any atom is -0.474 e. The quantitative estimate of drug-likeness (QED) is 0.816. The Labute approximate surface area is 109 Å². The molecule has 98 valence electrons. The lowest BCUT2D eigenvalue weighted by Crippen LogP contribution is -2.62. The van der Waals surface area contributed by atoms with E-state index in [0.717, 1.165) is 5.88 Å². The van der Waals surface area contributed by atoms with Gasteiger partial charge in [-0.3, -0.25) is 4.90 Å². The van der Waals surface area contributed by atoms with Crippen LogP contribution >= 0.6 is 0 Å². The van der Waals surface area contributed by atoms with Crippen molar-refractivity contribution in [1.82, 2.24) is 9.88 Å². The van der Waals surface area contributed by atoms with Crippen LogP contribution in [-0.2, 0) is 0 Å². The topological polar surface area (TPSA) is 25.4 Å². The summed E-state index contributed by atoms with van der Waals surface area (Å²) in [5, 5.41) is 0. The number of hydrogen-bond donors (Lipinski definition) is 0. The van der Waals surface area contributed by atoms with E-state index in [-0.39, 0.29) is 0 Å². The van der Waals surface area contributed by atoms with Crippen molar-refractivity contribution in [2.75, 3.05) is 13.1 Å². The number of pyridine rings is 1. The molecule has 3 heteroatoms. The van der Waals surface area contributed by atoms with E-state index in [9.17, 15) is 0 Å². The molecule has 1 aromatic heterocycles. The highest BCUT2D eigenvalue weighted by atomic mass is 16.5. The molecule has 3 nitrogen and oxygen atoms in total. The van der Waals surface area contributed by atoms with Gasteiger partial charge in [0.25, 0.3) is 0 Å². The molecule has 1 aliphatic carbocycles. The minimum absolute atomic E-state index is 0.403. The van der Waals surface area contributed by atoms with Crippen molar-refractivity contribution in [1.29, 1.82) is 0 Å². The van der Waals surface area contributed by atoms with Crippen LogP contribution in [0.2, 0.25) is 0 Å². The fraction of sp³-hybridized carbons (Fsp3) is 0.667. The van der Waals surface area contributed by atoms with Crippen molar-refractivity contribution < 1.29 is 4.74 Å². The van der Waals surface area contributed by atoms with Crippen molar-refractivity contribution in [3.8, 4) is 5.88 Å². The van der Waals surface area contributed by atoms with Crippen LogP contribution in [0.4, 0.5) is 0 Å². The Kier molecular flexibility index (Phi) is 3.25. The molecule has 0 N–H and O–H groups in total. The van der Waals surface area contributed by atoms with Crippen molar-refractivity contribution in [3.05, 3.63) is 24.4 Å². The van der Waals surface area contributed by atoms with E-state index in [1.165, 1.54) is 25.9 Å². The normalized spacial score (nSPS) is 32.7. The van der Waals surface area contributed by atoms with Gasteiger partial charge in [-0.25, -0.2) is 4.98 Å². The first kappa shape index (κ1) is 12.0. The summed E-state index contributed by atoms with van der Waals surface area (Å²) in [6.45, 7) is 7.00. The molecule has 2 bridgehead atoms. The van der Waals surface area contributed by atoms with Crippen LogP contribution in [0.5, 0.6) is 5.88 Å². The molecule has 0 spiro atoms. The van der Waals surface area contributed by atoms with Gasteiger partial charge in [0.05, 0.1) is 0 Å². The average molecular weight is 246 g/mol. The Balaban J connectivity index is 1.59. The Hall–Kier alpha value is -1.09. The maximum absolute atomic E-state index is 6.04. The van der Waals surface area contributed by atoms with Crippen LogP contribution in [0.3, 0.4) is 0 Å². The first-order chi connectivity index (χ1) is 8.78. The van der Waals surface area contributed by atoms with E-state index < -0.39 is 0 Å². The highest BCUT2D eigenvalue weighted by molar-refractivity contribution is 5.12. The number of ether oxygens (including phenoxy) is 1. The van der Waals surface area contributed by atoms with Crippen LogP contribution in [0, 0.1) is 11.8 Å². The van der Waals surface area contributed by atoms with Gasteiger partial charge in [-0.2, -0.15) is 0 Å². The van der Waals surface area contributed by atoms with Gasteiger partial charge in [-0.1, -0.05) is 13.0 Å². The van der Waals surface area contributed by atoms with Crippen LogP contribution in [0.15, 0.2) is 24.4 Å². The lowest BCUT2D eigenvalue weighted by atomic mass is 9.67. The fourth-order valence-corrected chi connectivity index (χ4v) is 3.25. The Morgan fingerprint density at radius 1 is 1.39 bits per heavy atom. The molecule has 2 saturated heterocycles. The number of nitrogens with zero attached hydrogens (tertiary/aromatic N) is 2. The van der Waals surface area contributed by atoms with Gasteiger partial charge >= 0.3 is 0 Å². The van der Waals surface area contributed by atoms with Crippen LogP contribution in [0.25, 0.3) is 0 Å². The van der Waals surface area contributed by atoms with Gasteiger partial charge in [-0.05, 0) is 25.8 Å². The molecular formula is C15H22N2O. The summed E-state index contributed by atoms with van der Waals surface area (Å²) in [6.07, 6.45) is 4.78. The third-order valence-electron chi connectivity index (χ3n) is 4.58. The Morgan fingerprint density at radius 2 is 2.17 bits per heavy atom. The summed E-state index contributed by atoms with van der Waals surface area (Å²) in [7, 11) is 0. The summed E-state index contributed by atoms with van der Waals surface area (Å²) in [6, 6.07) is 6.59. The molecule has 1 saturated carbocycles. The van der Waals surface area contributed by atoms with E-state index in [2.05, 4.69) is 23.7 Å². The average Bonchev–Trinajstić information content (AvgIpc) is 2.45. The van der Waals surface area contributed by atoms with Gasteiger partial charge in [0, 0.05) is 43.2 Å². The maximum atomic E-state index is 6.04. The molecule has 0 aromatic carbocycles. The van der Waals surface area contributed by atoms with Crippen molar-refractivity contribution >= 4 is 0 Å². The molecule has 1 aromatic rings. The number of rotatable bonds is 4. The molecule has 3 atom stereocenters. The largest absolute Gasteiger partial charge is 0.474 e. The molecular weight excluding hydrogens is 224 g/mol. The van der Waals surface area contributed by atoms with Crippen LogP contribution in [-0.4, -0.2) is 35.1 Å². The first-order valence-corrected chi connectivity index (χ1v) is 7.09. The zero-order valence-corrected chi connectivity index (χ0v) is 11.2. The van der Waals surface area contributed by atoms with Gasteiger partial charge in [0.15, 0.2) is 0 Å². The van der Waals surface area contributed by atoms with E-state index >= 15 is 0 Å². The molecule has 3 fully saturated rings. The van der Waals surface area contributed by atoms with E-state index in [1.54, 1.807) is 6.20 Å². The van der Waals surface area contributed by atoms with Gasteiger partial charge < -0.3 is 4.74 Å². The number of aromatic nitrogens is 1. The SMILES string of the molecule is CCC(C)N1CC2CC(C1)C2Oc1ccccn1. The van der Waals surface area contributed by atoms with Crippen LogP contribution in [0.1, 0.15) is 26.7 Å². The molecule has 4 rings (SSSR count).